The van der Waals surface area contributed by atoms with E-state index in [1.807, 2.05) is 20.8 Å². The minimum atomic E-state index is -1.41. The number of hydrogen-bond donors (Lipinski definition) is 0. The summed E-state index contributed by atoms with van der Waals surface area (Å²) >= 11 is 0. The van der Waals surface area contributed by atoms with E-state index in [2.05, 4.69) is 4.40 Å². The lowest BCUT2D eigenvalue weighted by Gasteiger charge is -2.13. The smallest absolute Gasteiger partial charge is 0.144 e. The van der Waals surface area contributed by atoms with Gasteiger partial charge in [0.2, 0.25) is 0 Å². The summed E-state index contributed by atoms with van der Waals surface area (Å²) in [5, 5.41) is 0. The first-order chi connectivity index (χ1) is 9.86. The van der Waals surface area contributed by atoms with Gasteiger partial charge in [-0.3, -0.25) is 0 Å². The Kier molecular flexibility index (Phi) is 5.11. The average Bonchev–Trinajstić information content (AvgIpc) is 2.90. The SMILES string of the molecule is CC(C)(C)[S@@](=O)/N=C/c1cc(O[C@@H]2CCOC2)ccc1F. The highest BCUT2D eigenvalue weighted by atomic mass is 32.2. The molecule has 1 aliphatic heterocycles. The molecule has 21 heavy (non-hydrogen) atoms. The summed E-state index contributed by atoms with van der Waals surface area (Å²) in [5.74, 6) is 0.148. The number of rotatable bonds is 4. The van der Waals surface area contributed by atoms with Gasteiger partial charge in [-0.2, -0.15) is 4.40 Å². The van der Waals surface area contributed by atoms with Crippen molar-refractivity contribution in [3.63, 3.8) is 0 Å². The van der Waals surface area contributed by atoms with E-state index in [1.165, 1.54) is 12.3 Å². The van der Waals surface area contributed by atoms with Gasteiger partial charge in [0.1, 0.15) is 28.7 Å². The predicted molar refractivity (Wildman–Crippen MR) is 81.7 cm³/mol. The van der Waals surface area contributed by atoms with Crippen molar-refractivity contribution in [3.8, 4) is 5.75 Å². The predicted octanol–water partition coefficient (Wildman–Crippen LogP) is 2.87. The zero-order valence-corrected chi connectivity index (χ0v) is 13.3. The molecule has 1 saturated heterocycles. The van der Waals surface area contributed by atoms with Gasteiger partial charge in [0.15, 0.2) is 0 Å². The quantitative estimate of drug-likeness (QED) is 0.803. The molecule has 6 heteroatoms. The lowest BCUT2D eigenvalue weighted by Crippen LogP contribution is -2.19. The van der Waals surface area contributed by atoms with Crippen molar-refractivity contribution in [2.75, 3.05) is 13.2 Å². The molecule has 2 rings (SSSR count). The molecule has 0 spiro atoms. The van der Waals surface area contributed by atoms with E-state index in [-0.39, 0.29) is 11.7 Å². The highest BCUT2D eigenvalue weighted by Crippen LogP contribution is 2.20. The Balaban J connectivity index is 2.11. The van der Waals surface area contributed by atoms with E-state index >= 15 is 0 Å². The summed E-state index contributed by atoms with van der Waals surface area (Å²) in [6.45, 7) is 6.68. The van der Waals surface area contributed by atoms with E-state index in [0.717, 1.165) is 6.42 Å². The van der Waals surface area contributed by atoms with E-state index in [0.29, 0.717) is 19.0 Å². The molecule has 0 N–H and O–H groups in total. The number of benzene rings is 1. The molecule has 1 fully saturated rings. The van der Waals surface area contributed by atoms with Gasteiger partial charge in [-0.25, -0.2) is 8.60 Å². The van der Waals surface area contributed by atoms with Crippen LogP contribution in [0.2, 0.25) is 0 Å². The molecule has 0 bridgehead atoms. The zero-order chi connectivity index (χ0) is 15.5. The standard InChI is InChI=1S/C15H20FNO3S/c1-15(2,3)21(18)17-9-11-8-12(4-5-14(11)16)20-13-6-7-19-10-13/h4-5,8-9,13H,6-7,10H2,1-3H3/b17-9+/t13-,21-/m1/s1. The monoisotopic (exact) mass is 313 g/mol. The second-order valence-electron chi connectivity index (χ2n) is 5.88. The number of halogens is 1. The van der Waals surface area contributed by atoms with Crippen LogP contribution in [-0.2, 0) is 15.7 Å². The minimum Gasteiger partial charge on any atom is -0.488 e. The van der Waals surface area contributed by atoms with Crippen LogP contribution >= 0.6 is 0 Å². The maximum Gasteiger partial charge on any atom is 0.144 e. The van der Waals surface area contributed by atoms with Crippen molar-refractivity contribution < 1.29 is 18.1 Å². The summed E-state index contributed by atoms with van der Waals surface area (Å²) in [6, 6.07) is 4.47. The van der Waals surface area contributed by atoms with Gasteiger partial charge in [0, 0.05) is 18.2 Å². The Morgan fingerprint density at radius 3 is 2.86 bits per heavy atom. The summed E-state index contributed by atoms with van der Waals surface area (Å²) in [7, 11) is -1.41. The van der Waals surface area contributed by atoms with Gasteiger partial charge in [-0.05, 0) is 39.0 Å². The molecule has 1 aromatic carbocycles. The molecule has 0 aromatic heterocycles. The first-order valence-electron chi connectivity index (χ1n) is 6.86. The molecule has 0 saturated carbocycles. The van der Waals surface area contributed by atoms with E-state index in [9.17, 15) is 8.60 Å². The van der Waals surface area contributed by atoms with Crippen LogP contribution in [0.25, 0.3) is 0 Å². The highest BCUT2D eigenvalue weighted by Gasteiger charge is 2.19. The molecule has 1 aliphatic rings. The van der Waals surface area contributed by atoms with E-state index in [1.54, 1.807) is 12.1 Å². The molecule has 0 radical (unpaired) electrons. The first kappa shape index (κ1) is 16.1. The lowest BCUT2D eigenvalue weighted by molar-refractivity contribution is 0.141. The number of hydrogen-bond acceptors (Lipinski definition) is 3. The van der Waals surface area contributed by atoms with E-state index in [4.69, 9.17) is 9.47 Å². The third-order valence-corrected chi connectivity index (χ3v) is 4.31. The van der Waals surface area contributed by atoms with Crippen molar-refractivity contribution in [3.05, 3.63) is 29.6 Å². The number of ether oxygens (including phenoxy) is 2. The Morgan fingerprint density at radius 2 is 2.24 bits per heavy atom. The van der Waals surface area contributed by atoms with Crippen molar-refractivity contribution in [2.24, 2.45) is 4.40 Å². The van der Waals surface area contributed by atoms with Crippen LogP contribution in [0.15, 0.2) is 22.6 Å². The maximum atomic E-state index is 13.8. The largest absolute Gasteiger partial charge is 0.488 e. The molecular weight excluding hydrogens is 293 g/mol. The molecule has 116 valence electrons. The van der Waals surface area contributed by atoms with Crippen molar-refractivity contribution in [2.45, 2.75) is 38.0 Å². The first-order valence-corrected chi connectivity index (χ1v) is 7.97. The molecule has 1 aromatic rings. The fourth-order valence-corrected chi connectivity index (χ4v) is 2.28. The Hall–Kier alpha value is -1.27. The molecule has 1 heterocycles. The van der Waals surface area contributed by atoms with Crippen molar-refractivity contribution >= 4 is 17.2 Å². The van der Waals surface area contributed by atoms with Crippen molar-refractivity contribution in [1.82, 2.24) is 0 Å². The minimum absolute atomic E-state index is 0.00366. The topological polar surface area (TPSA) is 47.9 Å². The van der Waals surface area contributed by atoms with Crippen LogP contribution in [0.5, 0.6) is 5.75 Å². The second-order valence-corrected chi connectivity index (χ2v) is 7.82. The molecule has 0 amide bonds. The molecular formula is C15H20FNO3S. The van der Waals surface area contributed by atoms with Crippen LogP contribution in [0.1, 0.15) is 32.8 Å². The molecule has 2 atom stereocenters. The average molecular weight is 313 g/mol. The van der Waals surface area contributed by atoms with Crippen LogP contribution in [0, 0.1) is 5.82 Å². The van der Waals surface area contributed by atoms with Crippen molar-refractivity contribution in [1.29, 1.82) is 0 Å². The van der Waals surface area contributed by atoms with E-state index < -0.39 is 21.5 Å². The number of nitrogens with zero attached hydrogens (tertiary/aromatic N) is 1. The van der Waals surface area contributed by atoms with Crippen LogP contribution in [0.3, 0.4) is 0 Å². The summed E-state index contributed by atoms with van der Waals surface area (Å²) in [6.07, 6.45) is 2.13. The van der Waals surface area contributed by atoms with Gasteiger partial charge < -0.3 is 9.47 Å². The van der Waals surface area contributed by atoms with Gasteiger partial charge in [-0.1, -0.05) is 0 Å². The van der Waals surface area contributed by atoms with Gasteiger partial charge >= 0.3 is 0 Å². The summed E-state index contributed by atoms with van der Waals surface area (Å²) in [5.41, 5.74) is 0.268. The maximum absolute atomic E-state index is 13.8. The van der Waals surface area contributed by atoms with Gasteiger partial charge in [0.25, 0.3) is 0 Å². The molecule has 4 nitrogen and oxygen atoms in total. The summed E-state index contributed by atoms with van der Waals surface area (Å²) in [4.78, 5) is 0. The lowest BCUT2D eigenvalue weighted by atomic mass is 10.2. The molecule has 0 unspecified atom stereocenters. The highest BCUT2D eigenvalue weighted by molar-refractivity contribution is 7.85. The summed E-state index contributed by atoms with van der Waals surface area (Å²) < 4.78 is 40.0. The molecule has 0 aliphatic carbocycles. The fraction of sp³-hybridized carbons (Fsp3) is 0.533. The Labute approximate surface area is 127 Å². The fourth-order valence-electron chi connectivity index (χ4n) is 1.76. The van der Waals surface area contributed by atoms with Crippen LogP contribution in [0.4, 0.5) is 4.39 Å². The second kappa shape index (κ2) is 6.66. The Bertz CT molecular complexity index is 548. The van der Waals surface area contributed by atoms with Gasteiger partial charge in [0.05, 0.1) is 18.0 Å². The third-order valence-electron chi connectivity index (χ3n) is 2.97. The van der Waals surface area contributed by atoms with Crippen LogP contribution in [-0.4, -0.2) is 34.5 Å². The normalized spacial score (nSPS) is 20.9. The zero-order valence-electron chi connectivity index (χ0n) is 12.5. The van der Waals surface area contributed by atoms with Crippen LogP contribution < -0.4 is 4.74 Å². The Morgan fingerprint density at radius 1 is 1.48 bits per heavy atom. The third kappa shape index (κ3) is 4.61. The van der Waals surface area contributed by atoms with Gasteiger partial charge in [-0.15, -0.1) is 0 Å².